The van der Waals surface area contributed by atoms with Crippen molar-refractivity contribution in [2.24, 2.45) is 0 Å². The van der Waals surface area contributed by atoms with E-state index in [9.17, 15) is 0 Å². The van der Waals surface area contributed by atoms with Crippen LogP contribution in [0.1, 0.15) is 64.9 Å². The molecule has 2 atom stereocenters. The van der Waals surface area contributed by atoms with Crippen LogP contribution in [0.3, 0.4) is 0 Å². The summed E-state index contributed by atoms with van der Waals surface area (Å²) >= 11 is 1.82. The number of nitrogens with one attached hydrogen (secondary N) is 1. The van der Waals surface area contributed by atoms with Gasteiger partial charge >= 0.3 is 0 Å². The summed E-state index contributed by atoms with van der Waals surface area (Å²) in [5.41, 5.74) is -0.273. The molecule has 5 nitrogen and oxygen atoms in total. The number of ether oxygens (including phenoxy) is 1. The summed E-state index contributed by atoms with van der Waals surface area (Å²) in [6.45, 7) is 13.3. The van der Waals surface area contributed by atoms with Crippen LogP contribution in [0.2, 0.25) is 0 Å². The topological polar surface area (TPSA) is 60.2 Å². The number of hydrogen-bond acceptors (Lipinski definition) is 6. The number of aromatic nitrogens is 2. The van der Waals surface area contributed by atoms with Crippen molar-refractivity contribution in [1.29, 1.82) is 0 Å². The molecule has 0 spiro atoms. The number of nitrogens with zero attached hydrogens (tertiary/aromatic N) is 2. The van der Waals surface area contributed by atoms with Crippen molar-refractivity contribution in [3.8, 4) is 0 Å². The highest BCUT2D eigenvalue weighted by Gasteiger charge is 2.45. The first-order chi connectivity index (χ1) is 9.73. The first-order valence-corrected chi connectivity index (χ1v) is 8.66. The summed E-state index contributed by atoms with van der Waals surface area (Å²) < 4.78 is 11.4. The van der Waals surface area contributed by atoms with Gasteiger partial charge in [-0.25, -0.2) is 0 Å². The Labute approximate surface area is 131 Å². The maximum Gasteiger partial charge on any atom is 0.240 e. The van der Waals surface area contributed by atoms with Gasteiger partial charge in [-0.2, -0.15) is 16.7 Å². The molecule has 1 aromatic heterocycles. The monoisotopic (exact) mass is 313 g/mol. The van der Waals surface area contributed by atoms with Gasteiger partial charge in [-0.3, -0.25) is 0 Å². The highest BCUT2D eigenvalue weighted by atomic mass is 32.2. The predicted molar refractivity (Wildman–Crippen MR) is 85.3 cm³/mol. The third-order valence-corrected chi connectivity index (χ3v) is 4.88. The van der Waals surface area contributed by atoms with Gasteiger partial charge in [0.15, 0.2) is 5.82 Å². The van der Waals surface area contributed by atoms with Gasteiger partial charge in [-0.1, -0.05) is 12.1 Å². The minimum absolute atomic E-state index is 0.0898. The summed E-state index contributed by atoms with van der Waals surface area (Å²) in [5.74, 6) is 2.47. The van der Waals surface area contributed by atoms with Gasteiger partial charge in [-0.05, 0) is 46.8 Å². The molecule has 2 heterocycles. The lowest BCUT2D eigenvalue weighted by Crippen LogP contribution is -2.43. The van der Waals surface area contributed by atoms with E-state index in [0.717, 1.165) is 18.0 Å². The highest BCUT2D eigenvalue weighted by molar-refractivity contribution is 7.99. The summed E-state index contributed by atoms with van der Waals surface area (Å²) in [6, 6.07) is 0.283. The molecule has 0 aromatic carbocycles. The molecule has 2 rings (SSSR count). The van der Waals surface area contributed by atoms with Gasteiger partial charge < -0.3 is 14.6 Å². The van der Waals surface area contributed by atoms with E-state index < -0.39 is 0 Å². The molecule has 120 valence electrons. The zero-order valence-electron chi connectivity index (χ0n) is 13.9. The van der Waals surface area contributed by atoms with Gasteiger partial charge in [-0.15, -0.1) is 0 Å². The zero-order valence-corrected chi connectivity index (χ0v) is 14.7. The van der Waals surface area contributed by atoms with Crippen LogP contribution in [0, 0.1) is 0 Å². The number of hydrogen-bond donors (Lipinski definition) is 1. The maximum absolute atomic E-state index is 6.08. The average Bonchev–Trinajstić information content (AvgIpc) is 2.89. The van der Waals surface area contributed by atoms with Crippen molar-refractivity contribution in [2.45, 2.75) is 77.0 Å². The lowest BCUT2D eigenvalue weighted by atomic mass is 9.94. The lowest BCUT2D eigenvalue weighted by Gasteiger charge is -2.27. The Hall–Kier alpha value is -0.590. The molecule has 0 amide bonds. The van der Waals surface area contributed by atoms with E-state index in [2.05, 4.69) is 57.0 Å². The van der Waals surface area contributed by atoms with E-state index in [1.165, 1.54) is 0 Å². The van der Waals surface area contributed by atoms with Crippen molar-refractivity contribution in [1.82, 2.24) is 15.5 Å². The highest BCUT2D eigenvalue weighted by Crippen LogP contribution is 2.37. The molecule has 1 N–H and O–H groups in total. The van der Waals surface area contributed by atoms with Crippen LogP contribution >= 0.6 is 11.8 Å². The van der Waals surface area contributed by atoms with E-state index in [1.807, 2.05) is 11.8 Å². The van der Waals surface area contributed by atoms with Gasteiger partial charge in [0.1, 0.15) is 0 Å². The molecule has 1 aliphatic rings. The molecule has 6 heteroatoms. The number of rotatable bonds is 6. The van der Waals surface area contributed by atoms with Crippen LogP contribution < -0.4 is 5.32 Å². The zero-order chi connectivity index (χ0) is 15.7. The SMILES string of the molecule is CCS[C@H](C)c1noc(CN[C@@H]2CC(C)(C)OC2(C)C)n1. The van der Waals surface area contributed by atoms with Gasteiger partial charge in [0, 0.05) is 6.04 Å². The van der Waals surface area contributed by atoms with E-state index in [4.69, 9.17) is 9.26 Å². The van der Waals surface area contributed by atoms with E-state index in [-0.39, 0.29) is 22.5 Å². The van der Waals surface area contributed by atoms with Crippen LogP contribution in [-0.4, -0.2) is 33.1 Å². The second kappa shape index (κ2) is 6.26. The summed E-state index contributed by atoms with van der Waals surface area (Å²) in [6.07, 6.45) is 0.975. The van der Waals surface area contributed by atoms with Gasteiger partial charge in [0.25, 0.3) is 0 Å². The van der Waals surface area contributed by atoms with Crippen LogP contribution in [0.15, 0.2) is 4.52 Å². The fraction of sp³-hybridized carbons (Fsp3) is 0.867. The van der Waals surface area contributed by atoms with Crippen LogP contribution in [0.5, 0.6) is 0 Å². The Kier molecular flexibility index (Phi) is 5.00. The summed E-state index contributed by atoms with van der Waals surface area (Å²) in [5, 5.41) is 7.84. The third kappa shape index (κ3) is 4.20. The molecule has 0 radical (unpaired) electrons. The van der Waals surface area contributed by atoms with Crippen LogP contribution in [0.4, 0.5) is 0 Å². The predicted octanol–water partition coefficient (Wildman–Crippen LogP) is 3.32. The first-order valence-electron chi connectivity index (χ1n) is 7.61. The molecule has 1 fully saturated rings. The maximum atomic E-state index is 6.08. The average molecular weight is 313 g/mol. The van der Waals surface area contributed by atoms with Crippen molar-refractivity contribution in [2.75, 3.05) is 5.75 Å². The molecule has 1 aromatic rings. The Balaban J connectivity index is 1.92. The molecular formula is C15H27N3O2S. The largest absolute Gasteiger partial charge is 0.368 e. The fourth-order valence-electron chi connectivity index (χ4n) is 2.92. The van der Waals surface area contributed by atoms with Crippen molar-refractivity contribution >= 4 is 11.8 Å². The van der Waals surface area contributed by atoms with Crippen molar-refractivity contribution < 1.29 is 9.26 Å². The molecular weight excluding hydrogens is 286 g/mol. The Morgan fingerprint density at radius 3 is 2.67 bits per heavy atom. The molecule has 0 saturated carbocycles. The standard InChI is InChI=1S/C15H27N3O2S/c1-7-21-10(2)13-17-12(19-18-13)9-16-11-8-14(3,4)20-15(11,5)6/h10-11,16H,7-9H2,1-6H3/t10-,11-/m1/s1. The van der Waals surface area contributed by atoms with Gasteiger partial charge in [0.05, 0.1) is 23.0 Å². The normalized spacial score (nSPS) is 25.1. The molecule has 21 heavy (non-hydrogen) atoms. The smallest absolute Gasteiger partial charge is 0.240 e. The molecule has 1 aliphatic heterocycles. The summed E-state index contributed by atoms with van der Waals surface area (Å²) in [4.78, 5) is 4.47. The van der Waals surface area contributed by atoms with Crippen LogP contribution in [-0.2, 0) is 11.3 Å². The van der Waals surface area contributed by atoms with E-state index in [1.54, 1.807) is 0 Å². The molecule has 0 aliphatic carbocycles. The molecule has 0 bridgehead atoms. The number of thioether (sulfide) groups is 1. The fourth-order valence-corrected chi connectivity index (χ4v) is 3.67. The van der Waals surface area contributed by atoms with Crippen LogP contribution in [0.25, 0.3) is 0 Å². The van der Waals surface area contributed by atoms with E-state index >= 15 is 0 Å². The van der Waals surface area contributed by atoms with Gasteiger partial charge in [0.2, 0.25) is 5.89 Å². The summed E-state index contributed by atoms with van der Waals surface area (Å²) in [7, 11) is 0. The molecule has 0 unspecified atom stereocenters. The second-order valence-electron chi connectivity index (χ2n) is 6.75. The minimum atomic E-state index is -0.183. The first kappa shape index (κ1) is 16.8. The second-order valence-corrected chi connectivity index (χ2v) is 8.36. The van der Waals surface area contributed by atoms with Crippen molar-refractivity contribution in [3.63, 3.8) is 0 Å². The molecule has 1 saturated heterocycles. The quantitative estimate of drug-likeness (QED) is 0.869. The Morgan fingerprint density at radius 2 is 2.10 bits per heavy atom. The minimum Gasteiger partial charge on any atom is -0.368 e. The van der Waals surface area contributed by atoms with Crippen molar-refractivity contribution in [3.05, 3.63) is 11.7 Å². The Bertz CT molecular complexity index is 473. The Morgan fingerprint density at radius 1 is 1.38 bits per heavy atom. The third-order valence-electron chi connectivity index (χ3n) is 3.84. The van der Waals surface area contributed by atoms with E-state index in [0.29, 0.717) is 12.4 Å². The lowest BCUT2D eigenvalue weighted by molar-refractivity contribution is -0.0700.